The maximum absolute atomic E-state index is 11.9. The molecule has 0 unspecified atom stereocenters. The van der Waals surface area contributed by atoms with Crippen molar-refractivity contribution in [3.8, 4) is 0 Å². The van der Waals surface area contributed by atoms with Gasteiger partial charge in [-0.25, -0.2) is 0 Å². The van der Waals surface area contributed by atoms with Gasteiger partial charge in [-0.05, 0) is 31.0 Å². The summed E-state index contributed by atoms with van der Waals surface area (Å²) < 4.78 is 0. The zero-order valence-corrected chi connectivity index (χ0v) is 11.9. The minimum Gasteiger partial charge on any atom is -0.398 e. The second-order valence-corrected chi connectivity index (χ2v) is 5.62. The summed E-state index contributed by atoms with van der Waals surface area (Å²) in [6.45, 7) is 4.52. The Hall–Kier alpha value is -1.75. The zero-order valence-electron chi connectivity index (χ0n) is 11.9. The highest BCUT2D eigenvalue weighted by Gasteiger charge is 2.29. The lowest BCUT2D eigenvalue weighted by Gasteiger charge is -2.33. The predicted octanol–water partition coefficient (Wildman–Crippen LogP) is 0.913. The molecule has 3 fully saturated rings. The minimum absolute atomic E-state index is 0.118. The van der Waals surface area contributed by atoms with Gasteiger partial charge in [-0.1, -0.05) is 0 Å². The molecule has 4 rings (SSSR count). The van der Waals surface area contributed by atoms with E-state index in [2.05, 4.69) is 15.1 Å². The van der Waals surface area contributed by atoms with Crippen molar-refractivity contribution in [3.05, 3.63) is 23.8 Å². The average molecular weight is 274 g/mol. The monoisotopic (exact) mass is 274 g/mol. The summed E-state index contributed by atoms with van der Waals surface area (Å²) in [5, 5.41) is 2.65. The van der Waals surface area contributed by atoms with Crippen LogP contribution in [0.25, 0.3) is 0 Å². The summed E-state index contributed by atoms with van der Waals surface area (Å²) in [7, 11) is 1.63. The molecule has 3 heterocycles. The Kier molecular flexibility index (Phi) is 3.53. The van der Waals surface area contributed by atoms with E-state index in [0.29, 0.717) is 17.3 Å². The molecule has 3 aliphatic heterocycles. The number of amides is 1. The van der Waals surface area contributed by atoms with Gasteiger partial charge in [0.1, 0.15) is 0 Å². The van der Waals surface area contributed by atoms with Gasteiger partial charge in [0.25, 0.3) is 5.91 Å². The number of anilines is 2. The second kappa shape index (κ2) is 5.32. The number of hydrogen-bond donors (Lipinski definition) is 2. The van der Waals surface area contributed by atoms with Crippen LogP contribution in [-0.4, -0.2) is 50.1 Å². The Morgan fingerprint density at radius 1 is 1.25 bits per heavy atom. The Morgan fingerprint density at radius 2 is 2.00 bits per heavy atom. The van der Waals surface area contributed by atoms with Crippen LogP contribution in [-0.2, 0) is 0 Å². The van der Waals surface area contributed by atoms with Crippen LogP contribution >= 0.6 is 0 Å². The van der Waals surface area contributed by atoms with Crippen molar-refractivity contribution in [2.24, 2.45) is 0 Å². The highest BCUT2D eigenvalue weighted by atomic mass is 16.1. The smallest absolute Gasteiger partial charge is 0.253 e. The van der Waals surface area contributed by atoms with Crippen molar-refractivity contribution >= 4 is 17.3 Å². The van der Waals surface area contributed by atoms with Gasteiger partial charge in [-0.15, -0.1) is 0 Å². The maximum atomic E-state index is 11.9. The van der Waals surface area contributed by atoms with Crippen molar-refractivity contribution in [2.45, 2.75) is 18.9 Å². The first kappa shape index (κ1) is 13.2. The van der Waals surface area contributed by atoms with E-state index in [-0.39, 0.29) is 5.91 Å². The third kappa shape index (κ3) is 2.33. The molecule has 3 aliphatic rings. The number of hydrogen-bond acceptors (Lipinski definition) is 4. The molecule has 0 saturated carbocycles. The van der Waals surface area contributed by atoms with Crippen LogP contribution in [0.1, 0.15) is 23.2 Å². The molecule has 20 heavy (non-hydrogen) atoms. The minimum atomic E-state index is -0.118. The first-order chi connectivity index (χ1) is 9.69. The van der Waals surface area contributed by atoms with Crippen molar-refractivity contribution < 1.29 is 4.79 Å². The molecule has 3 saturated heterocycles. The van der Waals surface area contributed by atoms with Gasteiger partial charge < -0.3 is 20.9 Å². The van der Waals surface area contributed by atoms with E-state index >= 15 is 0 Å². The third-order valence-electron chi connectivity index (χ3n) is 4.50. The molecule has 3 N–H and O–H groups in total. The Balaban J connectivity index is 1.91. The lowest BCUT2D eigenvalue weighted by atomic mass is 10.0. The highest BCUT2D eigenvalue weighted by molar-refractivity contribution is 6.00. The lowest BCUT2D eigenvalue weighted by molar-refractivity contribution is 0.0964. The number of benzene rings is 1. The van der Waals surface area contributed by atoms with Gasteiger partial charge in [0.05, 0.1) is 5.56 Å². The van der Waals surface area contributed by atoms with Gasteiger partial charge in [0.2, 0.25) is 0 Å². The molecule has 108 valence electrons. The summed E-state index contributed by atoms with van der Waals surface area (Å²) in [6.07, 6.45) is 2.42. The molecule has 2 bridgehead atoms. The third-order valence-corrected chi connectivity index (χ3v) is 4.50. The summed E-state index contributed by atoms with van der Waals surface area (Å²) in [4.78, 5) is 16.8. The van der Waals surface area contributed by atoms with E-state index in [9.17, 15) is 4.79 Å². The fourth-order valence-electron chi connectivity index (χ4n) is 3.28. The quantitative estimate of drug-likeness (QED) is 0.787. The summed E-state index contributed by atoms with van der Waals surface area (Å²) in [6, 6.07) is 6.41. The number of carbonyl (C=O) groups excluding carboxylic acids is 1. The largest absolute Gasteiger partial charge is 0.398 e. The number of nitrogens with two attached hydrogens (primary N) is 1. The number of nitrogens with zero attached hydrogens (tertiary/aromatic N) is 2. The van der Waals surface area contributed by atoms with Crippen molar-refractivity contribution in [2.75, 3.05) is 43.9 Å². The molecular weight excluding hydrogens is 252 g/mol. The number of nitrogens with one attached hydrogen (secondary N) is 1. The molecule has 0 spiro atoms. The van der Waals surface area contributed by atoms with Crippen LogP contribution in [0, 0.1) is 0 Å². The molecular formula is C15H22N4O. The molecule has 1 aromatic rings. The zero-order chi connectivity index (χ0) is 14.1. The van der Waals surface area contributed by atoms with Crippen molar-refractivity contribution in [1.82, 2.24) is 10.2 Å². The first-order valence-corrected chi connectivity index (χ1v) is 7.29. The topological polar surface area (TPSA) is 61.6 Å². The van der Waals surface area contributed by atoms with Crippen LogP contribution in [0.2, 0.25) is 0 Å². The molecule has 5 nitrogen and oxygen atoms in total. The summed E-state index contributed by atoms with van der Waals surface area (Å²) in [5.74, 6) is -0.118. The van der Waals surface area contributed by atoms with E-state index < -0.39 is 0 Å². The van der Waals surface area contributed by atoms with Gasteiger partial charge in [-0.2, -0.15) is 0 Å². The Bertz CT molecular complexity index is 509. The van der Waals surface area contributed by atoms with E-state index in [0.717, 1.165) is 18.8 Å². The van der Waals surface area contributed by atoms with E-state index in [4.69, 9.17) is 5.73 Å². The number of fused-ring (bicyclic) bond motifs is 4. The maximum Gasteiger partial charge on any atom is 0.253 e. The van der Waals surface area contributed by atoms with Crippen LogP contribution in [0.4, 0.5) is 11.4 Å². The van der Waals surface area contributed by atoms with Crippen LogP contribution in [0.5, 0.6) is 0 Å². The number of piperidine rings is 1. The molecule has 5 heteroatoms. The Morgan fingerprint density at radius 3 is 2.70 bits per heavy atom. The highest BCUT2D eigenvalue weighted by Crippen LogP contribution is 2.29. The van der Waals surface area contributed by atoms with E-state index in [1.54, 1.807) is 7.05 Å². The van der Waals surface area contributed by atoms with Crippen molar-refractivity contribution in [3.63, 3.8) is 0 Å². The van der Waals surface area contributed by atoms with Gasteiger partial charge in [-0.3, -0.25) is 4.79 Å². The SMILES string of the molecule is CNC(=O)c1cc(N2CCN3CCC2CC3)ccc1N. The Labute approximate surface area is 119 Å². The fraction of sp³-hybridized carbons (Fsp3) is 0.533. The fourth-order valence-corrected chi connectivity index (χ4v) is 3.28. The van der Waals surface area contributed by atoms with E-state index in [1.807, 2.05) is 18.2 Å². The van der Waals surface area contributed by atoms with Crippen LogP contribution in [0.15, 0.2) is 18.2 Å². The van der Waals surface area contributed by atoms with Gasteiger partial charge in [0.15, 0.2) is 0 Å². The van der Waals surface area contributed by atoms with Crippen molar-refractivity contribution in [1.29, 1.82) is 0 Å². The molecule has 0 atom stereocenters. The number of nitrogen functional groups attached to an aromatic ring is 1. The normalized spacial score (nSPS) is 25.4. The number of carbonyl (C=O) groups is 1. The second-order valence-electron chi connectivity index (χ2n) is 5.62. The molecule has 1 amide bonds. The van der Waals surface area contributed by atoms with Gasteiger partial charge >= 0.3 is 0 Å². The molecule has 0 aromatic heterocycles. The molecule has 0 radical (unpaired) electrons. The standard InChI is InChI=1S/C15H22N4O/c1-17-15(20)13-10-12(2-3-14(13)16)19-9-8-18-6-4-11(19)5-7-18/h2-3,10-11H,4-9,16H2,1H3,(H,17,20). The number of rotatable bonds is 2. The first-order valence-electron chi connectivity index (χ1n) is 7.29. The molecule has 0 aliphatic carbocycles. The van der Waals surface area contributed by atoms with E-state index in [1.165, 1.54) is 25.9 Å². The average Bonchev–Trinajstić information content (AvgIpc) is 2.81. The summed E-state index contributed by atoms with van der Waals surface area (Å²) in [5.41, 5.74) is 8.14. The predicted molar refractivity (Wildman–Crippen MR) is 81.1 cm³/mol. The molecule has 1 aromatic carbocycles. The summed E-state index contributed by atoms with van der Waals surface area (Å²) >= 11 is 0. The van der Waals surface area contributed by atoms with Crippen LogP contribution < -0.4 is 16.0 Å². The lowest BCUT2D eigenvalue weighted by Crippen LogP contribution is -2.38. The van der Waals surface area contributed by atoms with Gasteiger partial charge in [0, 0.05) is 50.6 Å². The van der Waals surface area contributed by atoms with Crippen LogP contribution in [0.3, 0.4) is 0 Å².